The zero-order valence-electron chi connectivity index (χ0n) is 15.7. The van der Waals surface area contributed by atoms with Crippen LogP contribution >= 0.6 is 0 Å². The number of nitrogens with zero attached hydrogens (tertiary/aromatic N) is 4. The van der Waals surface area contributed by atoms with E-state index in [0.717, 1.165) is 16.9 Å². The van der Waals surface area contributed by atoms with Gasteiger partial charge in [-0.2, -0.15) is 0 Å². The number of ether oxygens (including phenoxy) is 1. The number of carbonyl (C=O) groups is 1. The van der Waals surface area contributed by atoms with Crippen molar-refractivity contribution in [2.75, 3.05) is 14.2 Å². The molecular weight excluding hydrogens is 340 g/mol. The predicted octanol–water partition coefficient (Wildman–Crippen LogP) is 3.25. The number of rotatable bonds is 6. The molecule has 2 heterocycles. The molecule has 0 N–H and O–H groups in total. The van der Waals surface area contributed by atoms with Crippen molar-refractivity contribution in [1.82, 2.24) is 19.9 Å². The van der Waals surface area contributed by atoms with Crippen LogP contribution < -0.4 is 4.74 Å². The molecule has 0 aliphatic rings. The predicted molar refractivity (Wildman–Crippen MR) is 104 cm³/mol. The lowest BCUT2D eigenvalue weighted by Gasteiger charge is -2.25. The molecule has 1 aromatic carbocycles. The van der Waals surface area contributed by atoms with Crippen molar-refractivity contribution in [2.45, 2.75) is 19.4 Å². The van der Waals surface area contributed by atoms with Gasteiger partial charge in [0.15, 0.2) is 5.82 Å². The van der Waals surface area contributed by atoms with Crippen molar-refractivity contribution in [1.29, 1.82) is 0 Å². The number of para-hydroxylation sites is 1. The Hall–Kier alpha value is -3.28. The highest BCUT2D eigenvalue weighted by Gasteiger charge is 2.20. The molecule has 0 saturated heterocycles. The highest BCUT2D eigenvalue weighted by atomic mass is 16.5. The summed E-state index contributed by atoms with van der Waals surface area (Å²) in [5, 5.41) is 0. The first-order valence-electron chi connectivity index (χ1n) is 8.71. The van der Waals surface area contributed by atoms with Crippen LogP contribution in [-0.2, 0) is 6.42 Å². The van der Waals surface area contributed by atoms with Crippen LogP contribution in [0.4, 0.5) is 0 Å². The lowest BCUT2D eigenvalue weighted by Crippen LogP contribution is -2.36. The average molecular weight is 362 g/mol. The van der Waals surface area contributed by atoms with E-state index in [1.54, 1.807) is 43.8 Å². The lowest BCUT2D eigenvalue weighted by molar-refractivity contribution is 0.0742. The minimum Gasteiger partial charge on any atom is -0.496 e. The molecule has 2 aromatic heterocycles. The van der Waals surface area contributed by atoms with Crippen molar-refractivity contribution in [2.24, 2.45) is 0 Å². The molecule has 0 fully saturated rings. The second kappa shape index (κ2) is 8.40. The SMILES string of the molecule is COc1ccccc1C[C@@H](C)N(C)C(=O)c1cnc(-c2cccnc2)nc1. The summed E-state index contributed by atoms with van der Waals surface area (Å²) in [6.07, 6.45) is 7.20. The molecule has 138 valence electrons. The number of carbonyl (C=O) groups excluding carboxylic acids is 1. The molecule has 1 amide bonds. The fourth-order valence-corrected chi connectivity index (χ4v) is 2.81. The number of hydrogen-bond acceptors (Lipinski definition) is 5. The molecule has 0 aliphatic carbocycles. The third-order valence-electron chi connectivity index (χ3n) is 4.51. The van der Waals surface area contributed by atoms with Crippen molar-refractivity contribution >= 4 is 5.91 Å². The van der Waals surface area contributed by atoms with Gasteiger partial charge < -0.3 is 9.64 Å². The molecule has 1 atom stereocenters. The summed E-state index contributed by atoms with van der Waals surface area (Å²) in [5.41, 5.74) is 2.33. The minimum atomic E-state index is -0.116. The van der Waals surface area contributed by atoms with E-state index in [4.69, 9.17) is 4.74 Å². The first-order valence-corrected chi connectivity index (χ1v) is 8.71. The van der Waals surface area contributed by atoms with Crippen LogP contribution in [0.1, 0.15) is 22.8 Å². The third kappa shape index (κ3) is 4.28. The van der Waals surface area contributed by atoms with Gasteiger partial charge in [0.1, 0.15) is 5.75 Å². The molecule has 0 radical (unpaired) electrons. The van der Waals surface area contributed by atoms with E-state index in [2.05, 4.69) is 15.0 Å². The van der Waals surface area contributed by atoms with Crippen LogP contribution in [0, 0.1) is 0 Å². The summed E-state index contributed by atoms with van der Waals surface area (Å²) in [6, 6.07) is 11.5. The zero-order valence-corrected chi connectivity index (χ0v) is 15.7. The van der Waals surface area contributed by atoms with Gasteiger partial charge in [0.2, 0.25) is 0 Å². The van der Waals surface area contributed by atoms with Crippen LogP contribution in [0.2, 0.25) is 0 Å². The van der Waals surface area contributed by atoms with E-state index < -0.39 is 0 Å². The molecule has 3 aromatic rings. The van der Waals surface area contributed by atoms with Crippen molar-refractivity contribution in [3.63, 3.8) is 0 Å². The Labute approximate surface area is 158 Å². The molecule has 3 rings (SSSR count). The Bertz CT molecular complexity index is 898. The van der Waals surface area contributed by atoms with Gasteiger partial charge in [0.05, 0.1) is 12.7 Å². The van der Waals surface area contributed by atoms with Gasteiger partial charge in [0, 0.05) is 43.4 Å². The van der Waals surface area contributed by atoms with E-state index in [0.29, 0.717) is 17.8 Å². The molecule has 0 spiro atoms. The maximum Gasteiger partial charge on any atom is 0.256 e. The van der Waals surface area contributed by atoms with E-state index in [1.807, 2.05) is 43.3 Å². The fourth-order valence-electron chi connectivity index (χ4n) is 2.81. The third-order valence-corrected chi connectivity index (χ3v) is 4.51. The Morgan fingerprint density at radius 3 is 2.52 bits per heavy atom. The van der Waals surface area contributed by atoms with Gasteiger partial charge >= 0.3 is 0 Å². The summed E-state index contributed by atoms with van der Waals surface area (Å²) in [6.45, 7) is 2.01. The van der Waals surface area contributed by atoms with Gasteiger partial charge in [0.25, 0.3) is 5.91 Å². The second-order valence-electron chi connectivity index (χ2n) is 6.32. The van der Waals surface area contributed by atoms with Crippen LogP contribution in [0.15, 0.2) is 61.2 Å². The summed E-state index contributed by atoms with van der Waals surface area (Å²) in [7, 11) is 3.44. The molecule has 6 nitrogen and oxygen atoms in total. The number of amides is 1. The number of methoxy groups -OCH3 is 1. The molecule has 0 unspecified atom stereocenters. The maximum atomic E-state index is 12.8. The molecule has 6 heteroatoms. The second-order valence-corrected chi connectivity index (χ2v) is 6.32. The van der Waals surface area contributed by atoms with E-state index in [9.17, 15) is 4.79 Å². The maximum absolute atomic E-state index is 12.8. The first-order chi connectivity index (χ1) is 13.1. The highest BCUT2D eigenvalue weighted by molar-refractivity contribution is 5.93. The van der Waals surface area contributed by atoms with E-state index in [-0.39, 0.29) is 11.9 Å². The number of aromatic nitrogens is 3. The molecular formula is C21H22N4O2. The van der Waals surface area contributed by atoms with Gasteiger partial charge in [-0.15, -0.1) is 0 Å². The average Bonchev–Trinajstić information content (AvgIpc) is 2.73. The van der Waals surface area contributed by atoms with Crippen molar-refractivity contribution in [3.05, 3.63) is 72.3 Å². The summed E-state index contributed by atoms with van der Waals surface area (Å²) < 4.78 is 5.40. The molecule has 0 aliphatic heterocycles. The standard InChI is InChI=1S/C21H22N4O2/c1-15(11-16-7-4-5-9-19(16)27-3)25(2)21(26)18-13-23-20(24-14-18)17-8-6-10-22-12-17/h4-10,12-15H,11H2,1-3H3/t15-/m1/s1. The van der Waals surface area contributed by atoms with Gasteiger partial charge in [-0.1, -0.05) is 18.2 Å². The normalized spacial score (nSPS) is 11.7. The number of pyridine rings is 1. The summed E-state index contributed by atoms with van der Waals surface area (Å²) in [4.78, 5) is 27.2. The molecule has 0 bridgehead atoms. The first kappa shape index (κ1) is 18.5. The van der Waals surface area contributed by atoms with Crippen molar-refractivity contribution < 1.29 is 9.53 Å². The van der Waals surface area contributed by atoms with Crippen LogP contribution in [-0.4, -0.2) is 46.0 Å². The minimum absolute atomic E-state index is 0.00759. The van der Waals surface area contributed by atoms with Gasteiger partial charge in [-0.3, -0.25) is 9.78 Å². The Kier molecular flexibility index (Phi) is 5.76. The number of benzene rings is 1. The number of likely N-dealkylation sites (N-methyl/N-ethyl adjacent to an activating group) is 1. The monoisotopic (exact) mass is 362 g/mol. The van der Waals surface area contributed by atoms with Crippen LogP contribution in [0.3, 0.4) is 0 Å². The largest absolute Gasteiger partial charge is 0.496 e. The van der Waals surface area contributed by atoms with Crippen LogP contribution in [0.5, 0.6) is 5.75 Å². The summed E-state index contributed by atoms with van der Waals surface area (Å²) >= 11 is 0. The van der Waals surface area contributed by atoms with Crippen LogP contribution in [0.25, 0.3) is 11.4 Å². The zero-order chi connectivity index (χ0) is 19.2. The molecule has 0 saturated carbocycles. The lowest BCUT2D eigenvalue weighted by atomic mass is 10.0. The van der Waals surface area contributed by atoms with E-state index >= 15 is 0 Å². The topological polar surface area (TPSA) is 68.2 Å². The van der Waals surface area contributed by atoms with E-state index in [1.165, 1.54) is 0 Å². The number of hydrogen-bond donors (Lipinski definition) is 0. The van der Waals surface area contributed by atoms with Gasteiger partial charge in [-0.25, -0.2) is 9.97 Å². The smallest absolute Gasteiger partial charge is 0.256 e. The highest BCUT2D eigenvalue weighted by Crippen LogP contribution is 2.21. The Balaban J connectivity index is 1.71. The fraction of sp³-hybridized carbons (Fsp3) is 0.238. The Morgan fingerprint density at radius 1 is 1.11 bits per heavy atom. The molecule has 27 heavy (non-hydrogen) atoms. The van der Waals surface area contributed by atoms with Crippen molar-refractivity contribution in [3.8, 4) is 17.1 Å². The Morgan fingerprint density at radius 2 is 1.85 bits per heavy atom. The summed E-state index contributed by atoms with van der Waals surface area (Å²) in [5.74, 6) is 1.26. The van der Waals surface area contributed by atoms with Gasteiger partial charge in [-0.05, 0) is 37.1 Å². The quantitative estimate of drug-likeness (QED) is 0.673.